The van der Waals surface area contributed by atoms with E-state index >= 15 is 0 Å². The zero-order valence-corrected chi connectivity index (χ0v) is 23.9. The molecule has 2 heterocycles. The summed E-state index contributed by atoms with van der Waals surface area (Å²) in [4.78, 5) is 35.4. The number of aromatic nitrogens is 4. The van der Waals surface area contributed by atoms with Crippen LogP contribution in [-0.4, -0.2) is 35.0 Å². The van der Waals surface area contributed by atoms with Gasteiger partial charge >= 0.3 is 5.69 Å². The standard InChI is InChI=1S/C30H30FN5O5S/c1-3-4-17-36-28-26(29(37)34-30(36)38)32-27(33-28)24(18-20-7-5-6-8-25(20)31)19-9-11-21(12-10-19)35-42(39,40)23-15-13-22(41-2)14-16-23/h5-16,24,35H,3-4,17-18H2,1-2H3,(H,32,33)(H,34,37,38). The van der Waals surface area contributed by atoms with E-state index in [2.05, 4.69) is 19.7 Å². The van der Waals surface area contributed by atoms with Gasteiger partial charge in [-0.2, -0.15) is 0 Å². The van der Waals surface area contributed by atoms with Crippen molar-refractivity contribution in [3.8, 4) is 5.75 Å². The summed E-state index contributed by atoms with van der Waals surface area (Å²) in [6, 6.07) is 19.1. The van der Waals surface area contributed by atoms with Crippen molar-refractivity contribution in [3.63, 3.8) is 0 Å². The van der Waals surface area contributed by atoms with Gasteiger partial charge in [-0.1, -0.05) is 43.7 Å². The van der Waals surface area contributed by atoms with E-state index in [1.54, 1.807) is 54.6 Å². The van der Waals surface area contributed by atoms with Crippen molar-refractivity contribution in [2.24, 2.45) is 0 Å². The maximum absolute atomic E-state index is 14.7. The van der Waals surface area contributed by atoms with Gasteiger partial charge in [0.05, 0.1) is 12.0 Å². The first-order valence-corrected chi connectivity index (χ1v) is 14.9. The average Bonchev–Trinajstić information content (AvgIpc) is 3.43. The summed E-state index contributed by atoms with van der Waals surface area (Å²) in [6.45, 7) is 2.38. The maximum atomic E-state index is 14.7. The van der Waals surface area contributed by atoms with Crippen LogP contribution in [0.4, 0.5) is 10.1 Å². The fraction of sp³-hybridized carbons (Fsp3) is 0.233. The number of sulfonamides is 1. The van der Waals surface area contributed by atoms with Crippen molar-refractivity contribution in [2.45, 2.75) is 43.5 Å². The Balaban J connectivity index is 1.52. The molecule has 0 saturated carbocycles. The van der Waals surface area contributed by atoms with Gasteiger partial charge in [-0.3, -0.25) is 19.1 Å². The number of unbranched alkanes of at least 4 members (excludes halogenated alkanes) is 1. The van der Waals surface area contributed by atoms with Crippen LogP contribution in [0.2, 0.25) is 0 Å². The lowest BCUT2D eigenvalue weighted by atomic mass is 9.91. The fourth-order valence-electron chi connectivity index (χ4n) is 4.76. The molecule has 42 heavy (non-hydrogen) atoms. The second-order valence-corrected chi connectivity index (χ2v) is 11.5. The molecule has 0 amide bonds. The van der Waals surface area contributed by atoms with Gasteiger partial charge in [0.2, 0.25) is 0 Å². The van der Waals surface area contributed by atoms with Crippen molar-refractivity contribution < 1.29 is 17.5 Å². The van der Waals surface area contributed by atoms with Crippen LogP contribution in [0.25, 0.3) is 11.2 Å². The number of methoxy groups -OCH3 is 1. The van der Waals surface area contributed by atoms with Crippen molar-refractivity contribution >= 4 is 26.9 Å². The van der Waals surface area contributed by atoms with Gasteiger partial charge in [-0.25, -0.2) is 22.6 Å². The van der Waals surface area contributed by atoms with Crippen LogP contribution in [0.1, 0.15) is 42.6 Å². The number of fused-ring (bicyclic) bond motifs is 1. The first kappa shape index (κ1) is 28.8. The number of rotatable bonds is 11. The average molecular weight is 592 g/mol. The molecular formula is C30H30FN5O5S. The number of benzene rings is 3. The summed E-state index contributed by atoms with van der Waals surface area (Å²) < 4.78 is 49.7. The van der Waals surface area contributed by atoms with E-state index < -0.39 is 27.2 Å². The minimum Gasteiger partial charge on any atom is -0.497 e. The number of nitrogens with one attached hydrogen (secondary N) is 3. The number of hydrogen-bond acceptors (Lipinski definition) is 6. The van der Waals surface area contributed by atoms with Crippen molar-refractivity contribution in [3.05, 3.63) is 116 Å². The van der Waals surface area contributed by atoms with Gasteiger partial charge < -0.3 is 9.72 Å². The van der Waals surface area contributed by atoms with E-state index in [0.717, 1.165) is 12.8 Å². The summed E-state index contributed by atoms with van der Waals surface area (Å²) >= 11 is 0. The van der Waals surface area contributed by atoms with Crippen LogP contribution in [0.15, 0.2) is 87.3 Å². The van der Waals surface area contributed by atoms with E-state index in [0.29, 0.717) is 34.9 Å². The third-order valence-corrected chi connectivity index (χ3v) is 8.43. The molecule has 1 unspecified atom stereocenters. The first-order valence-electron chi connectivity index (χ1n) is 13.4. The predicted octanol–water partition coefficient (Wildman–Crippen LogP) is 4.54. The van der Waals surface area contributed by atoms with E-state index in [1.165, 1.54) is 29.9 Å². The Hall–Kier alpha value is -4.71. The number of aryl methyl sites for hydroxylation is 1. The molecule has 1 atom stereocenters. The maximum Gasteiger partial charge on any atom is 0.330 e. The highest BCUT2D eigenvalue weighted by molar-refractivity contribution is 7.92. The van der Waals surface area contributed by atoms with E-state index in [1.807, 2.05) is 6.92 Å². The molecule has 218 valence electrons. The largest absolute Gasteiger partial charge is 0.497 e. The lowest BCUT2D eigenvalue weighted by molar-refractivity contribution is 0.414. The molecular weight excluding hydrogens is 561 g/mol. The number of ether oxygens (including phenoxy) is 1. The van der Waals surface area contributed by atoms with Gasteiger partial charge in [0.25, 0.3) is 15.6 Å². The third kappa shape index (κ3) is 5.98. The number of nitrogens with zero attached hydrogens (tertiary/aromatic N) is 2. The van der Waals surface area contributed by atoms with Gasteiger partial charge in [0.1, 0.15) is 22.9 Å². The smallest absolute Gasteiger partial charge is 0.330 e. The third-order valence-electron chi connectivity index (χ3n) is 7.03. The van der Waals surface area contributed by atoms with E-state index in [9.17, 15) is 22.4 Å². The van der Waals surface area contributed by atoms with Crippen molar-refractivity contribution in [2.75, 3.05) is 11.8 Å². The molecule has 0 bridgehead atoms. The van der Waals surface area contributed by atoms with Gasteiger partial charge in [0.15, 0.2) is 5.65 Å². The minimum atomic E-state index is -3.86. The molecule has 3 aromatic carbocycles. The molecule has 0 aliphatic rings. The number of halogens is 1. The molecule has 0 aliphatic carbocycles. The molecule has 12 heteroatoms. The normalized spacial score (nSPS) is 12.4. The Labute approximate surface area is 241 Å². The number of H-pyrrole nitrogens is 2. The van der Waals surface area contributed by atoms with Crippen LogP contribution in [-0.2, 0) is 23.0 Å². The van der Waals surface area contributed by atoms with Crippen molar-refractivity contribution in [1.29, 1.82) is 0 Å². The lowest BCUT2D eigenvalue weighted by Gasteiger charge is -2.17. The van der Waals surface area contributed by atoms with Crippen LogP contribution in [0, 0.1) is 5.82 Å². The molecule has 10 nitrogen and oxygen atoms in total. The lowest BCUT2D eigenvalue weighted by Crippen LogP contribution is -2.30. The summed E-state index contributed by atoms with van der Waals surface area (Å²) in [7, 11) is -2.36. The predicted molar refractivity (Wildman–Crippen MR) is 158 cm³/mol. The molecule has 0 aliphatic heterocycles. The molecule has 0 spiro atoms. The van der Waals surface area contributed by atoms with Crippen LogP contribution in [0.3, 0.4) is 0 Å². The summed E-state index contributed by atoms with van der Waals surface area (Å²) in [5.74, 6) is -0.0221. The second-order valence-electron chi connectivity index (χ2n) is 9.84. The zero-order chi connectivity index (χ0) is 29.9. The molecule has 5 aromatic rings. The Morgan fingerprint density at radius 2 is 1.71 bits per heavy atom. The van der Waals surface area contributed by atoms with Gasteiger partial charge in [0, 0.05) is 18.2 Å². The van der Waals surface area contributed by atoms with Crippen LogP contribution >= 0.6 is 0 Å². The first-order chi connectivity index (χ1) is 20.2. The quantitative estimate of drug-likeness (QED) is 0.206. The molecule has 3 N–H and O–H groups in total. The Kier molecular flexibility index (Phi) is 8.25. The SMILES string of the molecule is CCCCn1c(=O)[nH]c(=O)c2[nH]c(C(Cc3ccccc3F)c3ccc(NS(=O)(=O)c4ccc(OC)cc4)cc3)nc21. The highest BCUT2D eigenvalue weighted by Crippen LogP contribution is 2.30. The number of anilines is 1. The Bertz CT molecular complexity index is 1930. The highest BCUT2D eigenvalue weighted by atomic mass is 32.2. The second kappa shape index (κ2) is 12.0. The molecule has 0 saturated heterocycles. The topological polar surface area (TPSA) is 139 Å². The minimum absolute atomic E-state index is 0.0754. The molecule has 5 rings (SSSR count). The Morgan fingerprint density at radius 1 is 1.00 bits per heavy atom. The fourth-order valence-corrected chi connectivity index (χ4v) is 5.81. The molecule has 0 radical (unpaired) electrons. The molecule has 0 fully saturated rings. The number of hydrogen-bond donors (Lipinski definition) is 3. The zero-order valence-electron chi connectivity index (χ0n) is 23.1. The summed E-state index contributed by atoms with van der Waals surface area (Å²) in [6.07, 6.45) is 1.76. The van der Waals surface area contributed by atoms with Gasteiger partial charge in [-0.05, 0) is 66.4 Å². The Morgan fingerprint density at radius 3 is 2.38 bits per heavy atom. The monoisotopic (exact) mass is 591 g/mol. The van der Waals surface area contributed by atoms with E-state index in [-0.39, 0.29) is 28.3 Å². The van der Waals surface area contributed by atoms with Crippen LogP contribution in [0.5, 0.6) is 5.75 Å². The van der Waals surface area contributed by atoms with Crippen LogP contribution < -0.4 is 20.7 Å². The number of aromatic amines is 2. The number of imidazole rings is 1. The van der Waals surface area contributed by atoms with Crippen molar-refractivity contribution in [1.82, 2.24) is 19.5 Å². The summed E-state index contributed by atoms with van der Waals surface area (Å²) in [5.41, 5.74) is 0.715. The molecule has 2 aromatic heterocycles. The van der Waals surface area contributed by atoms with Gasteiger partial charge in [-0.15, -0.1) is 0 Å². The van der Waals surface area contributed by atoms with E-state index in [4.69, 9.17) is 4.74 Å². The highest BCUT2D eigenvalue weighted by Gasteiger charge is 2.23. The summed E-state index contributed by atoms with van der Waals surface area (Å²) in [5, 5.41) is 0.